The lowest BCUT2D eigenvalue weighted by atomic mass is 9.81. The Balaban J connectivity index is 2.54. The molecule has 2 rings (SSSR count). The van der Waals surface area contributed by atoms with Gasteiger partial charge in [-0.2, -0.15) is 5.10 Å². The van der Waals surface area contributed by atoms with E-state index in [9.17, 15) is 14.4 Å². The minimum absolute atomic E-state index is 0.0382. The maximum atomic E-state index is 12.6. The molecule has 20 heavy (non-hydrogen) atoms. The monoisotopic (exact) mass is 279 g/mol. The molecule has 1 saturated heterocycles. The quantitative estimate of drug-likeness (QED) is 0.836. The first-order valence-corrected chi connectivity index (χ1v) is 6.50. The highest BCUT2D eigenvalue weighted by atomic mass is 16.4. The van der Waals surface area contributed by atoms with Gasteiger partial charge in [-0.1, -0.05) is 13.8 Å². The van der Waals surface area contributed by atoms with Gasteiger partial charge in [-0.05, 0) is 12.8 Å². The van der Waals surface area contributed by atoms with Crippen LogP contribution in [0, 0.1) is 5.41 Å². The number of carboxylic acids is 1. The summed E-state index contributed by atoms with van der Waals surface area (Å²) in [7, 11) is 1.51. The molecular formula is C13H17N3O4. The van der Waals surface area contributed by atoms with Crippen molar-refractivity contribution in [1.82, 2.24) is 9.78 Å². The van der Waals surface area contributed by atoms with Gasteiger partial charge in [0.15, 0.2) is 5.82 Å². The minimum Gasteiger partial charge on any atom is -0.477 e. The molecule has 1 aromatic heterocycles. The summed E-state index contributed by atoms with van der Waals surface area (Å²) in [5, 5.41) is 13.0. The molecule has 0 atom stereocenters. The van der Waals surface area contributed by atoms with Gasteiger partial charge in [0.05, 0.1) is 11.6 Å². The van der Waals surface area contributed by atoms with Crippen LogP contribution in [0.15, 0.2) is 6.20 Å². The molecule has 108 valence electrons. The lowest BCUT2D eigenvalue weighted by Crippen LogP contribution is -2.37. The Morgan fingerprint density at radius 2 is 2.00 bits per heavy atom. The van der Waals surface area contributed by atoms with E-state index in [4.69, 9.17) is 5.11 Å². The number of amides is 2. The maximum Gasteiger partial charge on any atom is 0.341 e. The molecule has 0 bridgehead atoms. The normalized spacial score (nSPS) is 17.9. The number of aromatic nitrogens is 2. The summed E-state index contributed by atoms with van der Waals surface area (Å²) in [4.78, 5) is 37.0. The summed E-state index contributed by atoms with van der Waals surface area (Å²) in [6.45, 7) is 3.72. The molecule has 7 nitrogen and oxygen atoms in total. The van der Waals surface area contributed by atoms with Gasteiger partial charge in [0.25, 0.3) is 0 Å². The zero-order chi connectivity index (χ0) is 15.1. The van der Waals surface area contributed by atoms with E-state index in [1.54, 1.807) is 0 Å². The molecule has 0 radical (unpaired) electrons. The predicted octanol–water partition coefficient (Wildman–Crippen LogP) is 1.19. The Bertz CT molecular complexity index is 586. The Morgan fingerprint density at radius 3 is 2.45 bits per heavy atom. The molecule has 2 heterocycles. The standard InChI is InChI=1S/C13H17N3O4/c1-4-13(5-2)6-9(17)16(12(13)20)10-8(11(18)19)7-14-15(10)3/h7H,4-6H2,1-3H3,(H,18,19). The summed E-state index contributed by atoms with van der Waals surface area (Å²) in [5.41, 5.74) is -0.867. The SMILES string of the molecule is CCC1(CC)CC(=O)N(c2c(C(=O)O)cnn2C)C1=O. The predicted molar refractivity (Wildman–Crippen MR) is 70.3 cm³/mol. The molecule has 1 N–H and O–H groups in total. The Kier molecular flexibility index (Phi) is 3.37. The van der Waals surface area contributed by atoms with Crippen molar-refractivity contribution in [3.63, 3.8) is 0 Å². The molecule has 0 aliphatic carbocycles. The average molecular weight is 279 g/mol. The fraction of sp³-hybridized carbons (Fsp3) is 0.538. The van der Waals surface area contributed by atoms with Crippen molar-refractivity contribution < 1.29 is 19.5 Å². The second kappa shape index (κ2) is 4.73. The van der Waals surface area contributed by atoms with E-state index in [1.165, 1.54) is 11.7 Å². The van der Waals surface area contributed by atoms with Crippen LogP contribution < -0.4 is 4.90 Å². The Morgan fingerprint density at radius 1 is 1.40 bits per heavy atom. The molecule has 0 saturated carbocycles. The van der Waals surface area contributed by atoms with Gasteiger partial charge < -0.3 is 5.11 Å². The van der Waals surface area contributed by atoms with Crippen molar-refractivity contribution in [2.45, 2.75) is 33.1 Å². The number of hydrogen-bond donors (Lipinski definition) is 1. The van der Waals surface area contributed by atoms with Crippen LogP contribution in [0.1, 0.15) is 43.5 Å². The zero-order valence-electron chi connectivity index (χ0n) is 11.7. The fourth-order valence-electron chi connectivity index (χ4n) is 2.66. The highest BCUT2D eigenvalue weighted by Gasteiger charge is 2.51. The first-order chi connectivity index (χ1) is 9.38. The van der Waals surface area contributed by atoms with Crippen molar-refractivity contribution in [1.29, 1.82) is 0 Å². The van der Waals surface area contributed by atoms with Crippen LogP contribution in [-0.2, 0) is 16.6 Å². The number of nitrogens with zero attached hydrogens (tertiary/aromatic N) is 3. The molecule has 0 unspecified atom stereocenters. The highest BCUT2D eigenvalue weighted by molar-refractivity contribution is 6.23. The van der Waals surface area contributed by atoms with Crippen LogP contribution in [0.5, 0.6) is 0 Å². The van der Waals surface area contributed by atoms with E-state index < -0.39 is 11.4 Å². The van der Waals surface area contributed by atoms with Crippen molar-refractivity contribution in [2.24, 2.45) is 12.5 Å². The van der Waals surface area contributed by atoms with Crippen molar-refractivity contribution in [3.8, 4) is 0 Å². The third-order valence-corrected chi connectivity index (χ3v) is 4.10. The average Bonchev–Trinajstić information content (AvgIpc) is 2.89. The lowest BCUT2D eigenvalue weighted by molar-refractivity contribution is -0.126. The van der Waals surface area contributed by atoms with Crippen LogP contribution in [0.2, 0.25) is 0 Å². The van der Waals surface area contributed by atoms with Crippen LogP contribution in [-0.4, -0.2) is 32.7 Å². The van der Waals surface area contributed by atoms with Crippen molar-refractivity contribution in [2.75, 3.05) is 4.90 Å². The Labute approximate surface area is 116 Å². The molecule has 0 aromatic carbocycles. The number of imide groups is 1. The second-order valence-corrected chi connectivity index (χ2v) is 5.01. The smallest absolute Gasteiger partial charge is 0.341 e. The van der Waals surface area contributed by atoms with Crippen LogP contribution in [0.25, 0.3) is 0 Å². The number of hydrogen-bond acceptors (Lipinski definition) is 4. The van der Waals surface area contributed by atoms with E-state index in [0.717, 1.165) is 11.1 Å². The second-order valence-electron chi connectivity index (χ2n) is 5.01. The number of aromatic carboxylic acids is 1. The third-order valence-electron chi connectivity index (χ3n) is 4.10. The van der Waals surface area contributed by atoms with Crippen molar-refractivity contribution >= 4 is 23.6 Å². The summed E-state index contributed by atoms with van der Waals surface area (Å²) in [5.74, 6) is -1.88. The first kappa shape index (κ1) is 14.2. The zero-order valence-corrected chi connectivity index (χ0v) is 11.7. The fourth-order valence-corrected chi connectivity index (χ4v) is 2.66. The van der Waals surface area contributed by atoms with Gasteiger partial charge in [-0.15, -0.1) is 0 Å². The van der Waals surface area contributed by atoms with Gasteiger partial charge in [0.2, 0.25) is 11.8 Å². The minimum atomic E-state index is -1.21. The number of carbonyl (C=O) groups excluding carboxylic acids is 2. The van der Waals surface area contributed by atoms with Gasteiger partial charge in [-0.25, -0.2) is 9.69 Å². The molecule has 1 aliphatic rings. The number of rotatable bonds is 4. The van der Waals surface area contributed by atoms with Gasteiger partial charge in [0, 0.05) is 13.5 Å². The lowest BCUT2D eigenvalue weighted by Gasteiger charge is -2.23. The number of carboxylic acid groups (broad SMARTS) is 1. The van der Waals surface area contributed by atoms with Gasteiger partial charge >= 0.3 is 5.97 Å². The van der Waals surface area contributed by atoms with E-state index in [0.29, 0.717) is 12.8 Å². The molecule has 1 fully saturated rings. The third kappa shape index (κ3) is 1.81. The molecular weight excluding hydrogens is 262 g/mol. The van der Waals surface area contributed by atoms with E-state index >= 15 is 0 Å². The summed E-state index contributed by atoms with van der Waals surface area (Å²) in [6, 6.07) is 0. The van der Waals surface area contributed by atoms with E-state index in [1.807, 2.05) is 13.8 Å². The highest BCUT2D eigenvalue weighted by Crippen LogP contribution is 2.41. The molecule has 1 aromatic rings. The van der Waals surface area contributed by atoms with E-state index in [2.05, 4.69) is 5.10 Å². The summed E-state index contributed by atoms with van der Waals surface area (Å²) in [6.07, 6.45) is 2.36. The summed E-state index contributed by atoms with van der Waals surface area (Å²) < 4.78 is 1.25. The van der Waals surface area contributed by atoms with Crippen LogP contribution >= 0.6 is 0 Å². The van der Waals surface area contributed by atoms with Crippen LogP contribution in [0.3, 0.4) is 0 Å². The number of carbonyl (C=O) groups is 3. The number of anilines is 1. The Hall–Kier alpha value is -2.18. The summed E-state index contributed by atoms with van der Waals surface area (Å²) >= 11 is 0. The topological polar surface area (TPSA) is 92.5 Å². The van der Waals surface area contributed by atoms with Gasteiger partial charge in [-0.3, -0.25) is 14.3 Å². The molecule has 1 aliphatic heterocycles. The maximum absolute atomic E-state index is 12.6. The number of aryl methyl sites for hydroxylation is 1. The van der Waals surface area contributed by atoms with Gasteiger partial charge in [0.1, 0.15) is 5.56 Å². The molecule has 0 spiro atoms. The van der Waals surface area contributed by atoms with E-state index in [-0.39, 0.29) is 29.6 Å². The largest absolute Gasteiger partial charge is 0.477 e. The first-order valence-electron chi connectivity index (χ1n) is 6.50. The van der Waals surface area contributed by atoms with Crippen LogP contribution in [0.4, 0.5) is 5.82 Å². The molecule has 2 amide bonds. The van der Waals surface area contributed by atoms with Crippen molar-refractivity contribution in [3.05, 3.63) is 11.8 Å². The molecule has 7 heteroatoms.